The Morgan fingerprint density at radius 1 is 1.29 bits per heavy atom. The zero-order valence-corrected chi connectivity index (χ0v) is 17.9. The molecule has 0 saturated heterocycles. The van der Waals surface area contributed by atoms with Crippen LogP contribution in [0.3, 0.4) is 0 Å². The Bertz CT molecular complexity index is 664. The minimum absolute atomic E-state index is 0. The summed E-state index contributed by atoms with van der Waals surface area (Å²) in [7, 11) is 5.41. The lowest BCUT2D eigenvalue weighted by atomic mass is 10.2. The highest BCUT2D eigenvalue weighted by molar-refractivity contribution is 14.0. The third-order valence-electron chi connectivity index (χ3n) is 3.40. The number of methoxy groups -OCH3 is 1. The average Bonchev–Trinajstić information content (AvgIpc) is 2.58. The molecule has 1 N–H and O–H groups in total. The number of pyridine rings is 1. The van der Waals surface area contributed by atoms with E-state index in [1.807, 2.05) is 37.4 Å². The van der Waals surface area contributed by atoms with Gasteiger partial charge in [-0.3, -0.25) is 4.99 Å². The summed E-state index contributed by atoms with van der Waals surface area (Å²) in [5, 5.41) is 3.34. The van der Waals surface area contributed by atoms with Gasteiger partial charge in [-0.1, -0.05) is 40.2 Å². The van der Waals surface area contributed by atoms with Crippen LogP contribution in [0, 0.1) is 0 Å². The maximum atomic E-state index is 5.06. The van der Waals surface area contributed by atoms with Crippen molar-refractivity contribution in [1.82, 2.24) is 15.2 Å². The molecule has 0 aliphatic rings. The highest BCUT2D eigenvalue weighted by atomic mass is 127. The molecule has 24 heavy (non-hydrogen) atoms. The molecule has 2 rings (SSSR count). The third-order valence-corrected chi connectivity index (χ3v) is 4.17. The van der Waals surface area contributed by atoms with Gasteiger partial charge in [-0.25, -0.2) is 4.98 Å². The predicted molar refractivity (Wildman–Crippen MR) is 112 cm³/mol. The van der Waals surface area contributed by atoms with Crippen molar-refractivity contribution in [2.24, 2.45) is 4.99 Å². The van der Waals surface area contributed by atoms with Crippen molar-refractivity contribution in [3.8, 4) is 5.88 Å². The zero-order valence-electron chi connectivity index (χ0n) is 14.0. The number of hydrogen-bond donors (Lipinski definition) is 1. The van der Waals surface area contributed by atoms with Crippen LogP contribution in [0.5, 0.6) is 5.88 Å². The first kappa shape index (κ1) is 20.7. The topological polar surface area (TPSA) is 49.8 Å². The first-order valence-electron chi connectivity index (χ1n) is 7.28. The molecular weight excluding hydrogens is 483 g/mol. The average molecular weight is 505 g/mol. The molecule has 5 nitrogen and oxygen atoms in total. The fourth-order valence-corrected chi connectivity index (χ4v) is 2.57. The molecule has 2 aromatic rings. The zero-order chi connectivity index (χ0) is 16.7. The molecule has 0 spiro atoms. The number of benzene rings is 1. The van der Waals surface area contributed by atoms with Crippen LogP contribution in [-0.4, -0.2) is 37.0 Å². The van der Waals surface area contributed by atoms with Crippen LogP contribution in [-0.2, 0) is 13.1 Å². The number of halogens is 2. The molecule has 0 amide bonds. The quantitative estimate of drug-likeness (QED) is 0.383. The minimum Gasteiger partial charge on any atom is -0.481 e. The van der Waals surface area contributed by atoms with E-state index in [4.69, 9.17) is 4.74 Å². The number of ether oxygens (including phenoxy) is 1. The van der Waals surface area contributed by atoms with Crippen molar-refractivity contribution in [1.29, 1.82) is 0 Å². The third kappa shape index (κ3) is 5.94. The monoisotopic (exact) mass is 504 g/mol. The van der Waals surface area contributed by atoms with Crippen LogP contribution in [0.15, 0.2) is 52.1 Å². The Morgan fingerprint density at radius 2 is 2.04 bits per heavy atom. The molecule has 1 aromatic heterocycles. The van der Waals surface area contributed by atoms with E-state index in [-0.39, 0.29) is 24.0 Å². The molecule has 130 valence electrons. The van der Waals surface area contributed by atoms with Gasteiger partial charge in [-0.05, 0) is 17.2 Å². The number of nitrogens with one attached hydrogen (secondary N) is 1. The standard InChI is InChI=1S/C17H21BrN4O.HI/c1-19-17(21-11-13-8-9-16(23-3)20-10-13)22(2)12-14-6-4-5-7-15(14)18;/h4-10H,11-12H2,1-3H3,(H,19,21);1H. The molecule has 0 saturated carbocycles. The SMILES string of the molecule is CN=C(NCc1ccc(OC)nc1)N(C)Cc1ccccc1Br.I. The Morgan fingerprint density at radius 3 is 2.62 bits per heavy atom. The van der Waals surface area contributed by atoms with Gasteiger partial charge in [0, 0.05) is 43.9 Å². The lowest BCUT2D eigenvalue weighted by Crippen LogP contribution is -2.38. The highest BCUT2D eigenvalue weighted by Gasteiger charge is 2.08. The Balaban J connectivity index is 0.00000288. The van der Waals surface area contributed by atoms with Crippen molar-refractivity contribution >= 4 is 45.9 Å². The van der Waals surface area contributed by atoms with E-state index in [1.54, 1.807) is 20.4 Å². The van der Waals surface area contributed by atoms with E-state index in [0.29, 0.717) is 12.4 Å². The molecule has 0 bridgehead atoms. The summed E-state index contributed by atoms with van der Waals surface area (Å²) in [5.41, 5.74) is 2.28. The Kier molecular flexibility index (Phi) is 9.05. The molecule has 1 aromatic carbocycles. The number of hydrogen-bond acceptors (Lipinski definition) is 3. The molecule has 7 heteroatoms. The van der Waals surface area contributed by atoms with Crippen molar-refractivity contribution in [3.63, 3.8) is 0 Å². The van der Waals surface area contributed by atoms with E-state index in [1.165, 1.54) is 5.56 Å². The largest absolute Gasteiger partial charge is 0.481 e. The summed E-state index contributed by atoms with van der Waals surface area (Å²) in [6, 6.07) is 12.0. The normalized spacial score (nSPS) is 10.8. The van der Waals surface area contributed by atoms with Gasteiger partial charge >= 0.3 is 0 Å². The van der Waals surface area contributed by atoms with Crippen LogP contribution in [0.1, 0.15) is 11.1 Å². The van der Waals surface area contributed by atoms with E-state index >= 15 is 0 Å². The van der Waals surface area contributed by atoms with Crippen LogP contribution < -0.4 is 10.1 Å². The Labute approximate surface area is 168 Å². The van der Waals surface area contributed by atoms with E-state index < -0.39 is 0 Å². The fourth-order valence-electron chi connectivity index (χ4n) is 2.16. The number of guanidine groups is 1. The summed E-state index contributed by atoms with van der Waals surface area (Å²) >= 11 is 3.58. The van der Waals surface area contributed by atoms with Gasteiger partial charge < -0.3 is 15.0 Å². The molecule has 0 aliphatic carbocycles. The Hall–Kier alpha value is -1.35. The van der Waals surface area contributed by atoms with Gasteiger partial charge in [0.1, 0.15) is 0 Å². The molecule has 1 heterocycles. The molecule has 0 aliphatic heterocycles. The molecule has 0 fully saturated rings. The maximum absolute atomic E-state index is 5.06. The van der Waals surface area contributed by atoms with Gasteiger partial charge in [0.05, 0.1) is 7.11 Å². The second kappa shape index (κ2) is 10.5. The van der Waals surface area contributed by atoms with E-state index in [2.05, 4.69) is 42.2 Å². The van der Waals surface area contributed by atoms with E-state index in [0.717, 1.165) is 22.5 Å². The summed E-state index contributed by atoms with van der Waals surface area (Å²) in [4.78, 5) is 10.6. The first-order chi connectivity index (χ1) is 11.1. The minimum atomic E-state index is 0. The first-order valence-corrected chi connectivity index (χ1v) is 8.07. The lowest BCUT2D eigenvalue weighted by molar-refractivity contribution is 0.397. The number of aliphatic imine (C=N–C) groups is 1. The summed E-state index contributed by atoms with van der Waals surface area (Å²) in [6.07, 6.45) is 1.80. The molecule has 0 unspecified atom stereocenters. The van der Waals surface area contributed by atoms with Crippen molar-refractivity contribution < 1.29 is 4.74 Å². The van der Waals surface area contributed by atoms with Gasteiger partial charge in [-0.15, -0.1) is 24.0 Å². The summed E-state index contributed by atoms with van der Waals surface area (Å²) in [6.45, 7) is 1.42. The van der Waals surface area contributed by atoms with Crippen LogP contribution in [0.25, 0.3) is 0 Å². The molecular formula is C17H22BrIN4O. The van der Waals surface area contributed by atoms with Crippen molar-refractivity contribution in [3.05, 3.63) is 58.2 Å². The van der Waals surface area contributed by atoms with Crippen LogP contribution in [0.2, 0.25) is 0 Å². The van der Waals surface area contributed by atoms with E-state index in [9.17, 15) is 0 Å². The summed E-state index contributed by atoms with van der Waals surface area (Å²) in [5.74, 6) is 1.45. The second-order valence-corrected chi connectivity index (χ2v) is 5.91. The maximum Gasteiger partial charge on any atom is 0.212 e. The summed E-state index contributed by atoms with van der Waals surface area (Å²) < 4.78 is 6.16. The van der Waals surface area contributed by atoms with Gasteiger partial charge in [-0.2, -0.15) is 0 Å². The highest BCUT2D eigenvalue weighted by Crippen LogP contribution is 2.17. The predicted octanol–water partition coefficient (Wildman–Crippen LogP) is 3.68. The second-order valence-electron chi connectivity index (χ2n) is 5.06. The van der Waals surface area contributed by atoms with Crippen LogP contribution in [0.4, 0.5) is 0 Å². The number of nitrogens with zero attached hydrogens (tertiary/aromatic N) is 3. The molecule has 0 atom stereocenters. The number of rotatable bonds is 5. The van der Waals surface area contributed by atoms with Crippen molar-refractivity contribution in [2.75, 3.05) is 21.2 Å². The van der Waals surface area contributed by atoms with Crippen LogP contribution >= 0.6 is 39.9 Å². The number of aromatic nitrogens is 1. The fraction of sp³-hybridized carbons (Fsp3) is 0.294. The van der Waals surface area contributed by atoms with Gasteiger partial charge in [0.2, 0.25) is 5.88 Å². The molecule has 0 radical (unpaired) electrons. The van der Waals surface area contributed by atoms with Gasteiger partial charge in [0.25, 0.3) is 0 Å². The van der Waals surface area contributed by atoms with Gasteiger partial charge in [0.15, 0.2) is 5.96 Å². The van der Waals surface area contributed by atoms with Crippen molar-refractivity contribution in [2.45, 2.75) is 13.1 Å². The lowest BCUT2D eigenvalue weighted by Gasteiger charge is -2.22. The smallest absolute Gasteiger partial charge is 0.212 e.